The zero-order chi connectivity index (χ0) is 22.3. The summed E-state index contributed by atoms with van der Waals surface area (Å²) in [5, 5.41) is 5.02. The fourth-order valence-corrected chi connectivity index (χ4v) is 7.76. The van der Waals surface area contributed by atoms with Gasteiger partial charge in [0, 0.05) is 26.1 Å². The van der Waals surface area contributed by atoms with Crippen molar-refractivity contribution in [2.45, 2.75) is 101 Å². The number of primary sulfonamides is 1. The van der Waals surface area contributed by atoms with Crippen LogP contribution in [0.25, 0.3) is 0 Å². The smallest absolute Gasteiger partial charge is 0.252 e. The molecular formula is C22H37N3O5S. The maximum absolute atomic E-state index is 13.3. The molecule has 31 heavy (non-hydrogen) atoms. The summed E-state index contributed by atoms with van der Waals surface area (Å²) in [5.74, 6) is 0.794. The van der Waals surface area contributed by atoms with Gasteiger partial charge in [-0.3, -0.25) is 9.59 Å². The molecule has 0 bridgehead atoms. The van der Waals surface area contributed by atoms with Crippen LogP contribution in [0.1, 0.15) is 71.6 Å². The lowest BCUT2D eigenvalue weighted by Gasteiger charge is -2.55. The lowest BCUT2D eigenvalue weighted by molar-refractivity contribution is -0.160. The van der Waals surface area contributed by atoms with E-state index >= 15 is 0 Å². The molecule has 2 heterocycles. The van der Waals surface area contributed by atoms with Gasteiger partial charge < -0.3 is 14.5 Å². The number of sulfonamides is 1. The molecule has 2 amide bonds. The van der Waals surface area contributed by atoms with Gasteiger partial charge in [0.2, 0.25) is 15.9 Å². The second-order valence-electron chi connectivity index (χ2n) is 10.1. The van der Waals surface area contributed by atoms with Gasteiger partial charge in [-0.05, 0) is 63.7 Å². The Hall–Kier alpha value is -1.19. The summed E-state index contributed by atoms with van der Waals surface area (Å²) < 4.78 is 29.6. The number of hydrogen-bond donors (Lipinski definition) is 1. The average molecular weight is 456 g/mol. The van der Waals surface area contributed by atoms with E-state index in [-0.39, 0.29) is 36.0 Å². The van der Waals surface area contributed by atoms with Gasteiger partial charge in [0.05, 0.1) is 17.3 Å². The Morgan fingerprint density at radius 3 is 2.35 bits per heavy atom. The predicted octanol–water partition coefficient (Wildman–Crippen LogP) is 1.63. The summed E-state index contributed by atoms with van der Waals surface area (Å²) in [6.07, 6.45) is 7.10. The minimum Gasteiger partial charge on any atom is -0.368 e. The normalized spacial score (nSPS) is 39.3. The highest BCUT2D eigenvalue weighted by molar-refractivity contribution is 7.89. The molecule has 7 atom stereocenters. The maximum atomic E-state index is 13.3. The number of fused-ring (bicyclic) bond motifs is 1. The van der Waals surface area contributed by atoms with Crippen molar-refractivity contribution in [3.8, 4) is 0 Å². The van der Waals surface area contributed by atoms with Crippen LogP contribution in [0.5, 0.6) is 0 Å². The predicted molar refractivity (Wildman–Crippen MR) is 116 cm³/mol. The van der Waals surface area contributed by atoms with Crippen LogP contribution in [-0.2, 0) is 24.3 Å². The lowest BCUT2D eigenvalue weighted by Crippen LogP contribution is -2.68. The molecule has 9 heteroatoms. The van der Waals surface area contributed by atoms with E-state index in [2.05, 4.69) is 0 Å². The fourth-order valence-electron chi connectivity index (χ4n) is 6.75. The fraction of sp³-hybridized carbons (Fsp3) is 0.909. The Bertz CT molecular complexity index is 797. The van der Waals surface area contributed by atoms with E-state index in [0.29, 0.717) is 37.8 Å². The van der Waals surface area contributed by atoms with E-state index in [4.69, 9.17) is 9.88 Å². The second kappa shape index (κ2) is 8.98. The summed E-state index contributed by atoms with van der Waals surface area (Å²) in [6, 6.07) is -0.00649. The first-order chi connectivity index (χ1) is 14.7. The Kier molecular flexibility index (Phi) is 6.66. The Morgan fingerprint density at radius 2 is 1.71 bits per heavy atom. The standard InChI is InChI=1S/C22H37N3O5S/c1-14-13-24(22(27)21-7-4-10-30-21)20-12-17(8-9-19(20)25(14)15(2)26)16-5-3-6-18(11-16)31(23,28)29/h14,16-21H,3-13H2,1-2H3,(H2,23,28,29). The summed E-state index contributed by atoms with van der Waals surface area (Å²) >= 11 is 0. The molecule has 0 spiro atoms. The molecule has 7 unspecified atom stereocenters. The molecule has 2 N–H and O–H groups in total. The monoisotopic (exact) mass is 455 g/mol. The minimum absolute atomic E-state index is 0.0119. The molecule has 2 saturated heterocycles. The molecule has 2 saturated carbocycles. The molecule has 0 aromatic carbocycles. The Morgan fingerprint density at radius 1 is 0.968 bits per heavy atom. The number of nitrogens with zero attached hydrogens (tertiary/aromatic N) is 2. The highest BCUT2D eigenvalue weighted by Crippen LogP contribution is 2.43. The minimum atomic E-state index is -3.52. The van der Waals surface area contributed by atoms with Crippen LogP contribution < -0.4 is 5.14 Å². The molecule has 2 aliphatic carbocycles. The summed E-state index contributed by atoms with van der Waals surface area (Å²) in [4.78, 5) is 29.8. The van der Waals surface area contributed by atoms with Crippen molar-refractivity contribution in [2.75, 3.05) is 13.2 Å². The van der Waals surface area contributed by atoms with Crippen LogP contribution in [-0.4, -0.2) is 72.7 Å². The number of amides is 2. The average Bonchev–Trinajstić information content (AvgIpc) is 3.26. The molecule has 4 fully saturated rings. The third-order valence-corrected chi connectivity index (χ3v) is 9.52. The quantitative estimate of drug-likeness (QED) is 0.695. The van der Waals surface area contributed by atoms with Gasteiger partial charge >= 0.3 is 0 Å². The van der Waals surface area contributed by atoms with Crippen LogP contribution >= 0.6 is 0 Å². The molecule has 176 valence electrons. The molecule has 0 aromatic rings. The number of rotatable bonds is 3. The van der Waals surface area contributed by atoms with E-state index in [0.717, 1.165) is 44.9 Å². The van der Waals surface area contributed by atoms with Crippen molar-refractivity contribution < 1.29 is 22.7 Å². The van der Waals surface area contributed by atoms with E-state index in [1.165, 1.54) is 0 Å². The van der Waals surface area contributed by atoms with E-state index in [9.17, 15) is 18.0 Å². The van der Waals surface area contributed by atoms with Gasteiger partial charge in [-0.15, -0.1) is 0 Å². The van der Waals surface area contributed by atoms with Gasteiger partial charge in [0.25, 0.3) is 5.91 Å². The molecule has 2 aliphatic heterocycles. The third-order valence-electron chi connectivity index (χ3n) is 8.16. The van der Waals surface area contributed by atoms with E-state index in [1.54, 1.807) is 6.92 Å². The van der Waals surface area contributed by atoms with Crippen molar-refractivity contribution in [1.82, 2.24) is 9.80 Å². The van der Waals surface area contributed by atoms with Crippen LogP contribution in [0.15, 0.2) is 0 Å². The second-order valence-corrected chi connectivity index (χ2v) is 12.0. The third kappa shape index (κ3) is 4.64. The first-order valence-electron chi connectivity index (χ1n) is 11.9. The molecule has 0 aromatic heterocycles. The van der Waals surface area contributed by atoms with Crippen LogP contribution in [0.2, 0.25) is 0 Å². The highest BCUT2D eigenvalue weighted by Gasteiger charge is 2.49. The summed E-state index contributed by atoms with van der Waals surface area (Å²) in [5.41, 5.74) is 0. The topological polar surface area (TPSA) is 110 Å². The van der Waals surface area contributed by atoms with Crippen molar-refractivity contribution in [3.63, 3.8) is 0 Å². The van der Waals surface area contributed by atoms with E-state index < -0.39 is 15.3 Å². The largest absolute Gasteiger partial charge is 0.368 e. The van der Waals surface area contributed by atoms with Crippen LogP contribution in [0.3, 0.4) is 0 Å². The molecular weight excluding hydrogens is 418 g/mol. The van der Waals surface area contributed by atoms with Crippen molar-refractivity contribution >= 4 is 21.8 Å². The molecule has 4 rings (SSSR count). The molecule has 4 aliphatic rings. The van der Waals surface area contributed by atoms with Crippen molar-refractivity contribution in [1.29, 1.82) is 0 Å². The number of carbonyl (C=O) groups is 2. The Labute approximate surface area is 185 Å². The molecule has 0 radical (unpaired) electrons. The zero-order valence-corrected chi connectivity index (χ0v) is 19.6. The molecule has 8 nitrogen and oxygen atoms in total. The zero-order valence-electron chi connectivity index (χ0n) is 18.7. The van der Waals surface area contributed by atoms with Gasteiger partial charge in [0.15, 0.2) is 0 Å². The number of ether oxygens (including phenoxy) is 1. The maximum Gasteiger partial charge on any atom is 0.252 e. The van der Waals surface area contributed by atoms with Crippen LogP contribution in [0, 0.1) is 11.8 Å². The van der Waals surface area contributed by atoms with Gasteiger partial charge in [-0.25, -0.2) is 13.6 Å². The number of carbonyl (C=O) groups excluding carboxylic acids is 2. The first kappa shape index (κ1) is 23.0. The Balaban J connectivity index is 1.54. The van der Waals surface area contributed by atoms with Crippen LogP contribution in [0.4, 0.5) is 0 Å². The van der Waals surface area contributed by atoms with Gasteiger partial charge in [-0.1, -0.05) is 12.8 Å². The number of hydrogen-bond acceptors (Lipinski definition) is 5. The van der Waals surface area contributed by atoms with E-state index in [1.807, 2.05) is 16.7 Å². The highest BCUT2D eigenvalue weighted by atomic mass is 32.2. The lowest BCUT2D eigenvalue weighted by atomic mass is 9.69. The number of nitrogens with two attached hydrogens (primary N) is 1. The SMILES string of the molecule is CC(=O)N1C(C)CN(C(=O)C2CCCO2)C2CC(C3CCCC(S(N)(=O)=O)C3)CCC21. The van der Waals surface area contributed by atoms with Crippen molar-refractivity contribution in [2.24, 2.45) is 17.0 Å². The number of piperazine rings is 1. The van der Waals surface area contributed by atoms with Gasteiger partial charge in [-0.2, -0.15) is 0 Å². The first-order valence-corrected chi connectivity index (χ1v) is 13.5. The summed E-state index contributed by atoms with van der Waals surface area (Å²) in [6.45, 7) is 4.82. The van der Waals surface area contributed by atoms with Gasteiger partial charge in [0.1, 0.15) is 6.10 Å². The van der Waals surface area contributed by atoms with Crippen molar-refractivity contribution in [3.05, 3.63) is 0 Å². The summed E-state index contributed by atoms with van der Waals surface area (Å²) in [7, 11) is -3.52.